The molecule has 0 unspecified atom stereocenters. The molecule has 0 aliphatic carbocycles. The van der Waals surface area contributed by atoms with Crippen molar-refractivity contribution in [2.75, 3.05) is 10.9 Å². The first-order chi connectivity index (χ1) is 10.3. The van der Waals surface area contributed by atoms with E-state index in [1.807, 2.05) is 68.4 Å². The van der Waals surface area contributed by atoms with Gasteiger partial charge >= 0.3 is 0 Å². The predicted octanol–water partition coefficient (Wildman–Crippen LogP) is 4.75. The Labute approximate surface area is 129 Å². The third-order valence-corrected chi connectivity index (χ3v) is 2.84. The molecule has 108 valence electrons. The number of anilines is 2. The van der Waals surface area contributed by atoms with Gasteiger partial charge in [-0.2, -0.15) is 4.98 Å². The third kappa shape index (κ3) is 3.83. The number of aromatic nitrogens is 2. The first-order valence-electron chi connectivity index (χ1n) is 6.82. The van der Waals surface area contributed by atoms with Gasteiger partial charge in [0, 0.05) is 5.39 Å². The highest BCUT2D eigenvalue weighted by atomic mass is 35.5. The first-order valence-corrected chi connectivity index (χ1v) is 7.20. The zero-order chi connectivity index (χ0) is 15.1. The first kappa shape index (κ1) is 15.1. The van der Waals surface area contributed by atoms with Crippen LogP contribution in [0.5, 0.6) is 0 Å². The summed E-state index contributed by atoms with van der Waals surface area (Å²) in [6.07, 6.45) is 0. The average molecular weight is 301 g/mol. The van der Waals surface area contributed by atoms with E-state index in [1.54, 1.807) is 0 Å². The van der Waals surface area contributed by atoms with Crippen molar-refractivity contribution in [3.63, 3.8) is 0 Å². The molecule has 4 nitrogen and oxygen atoms in total. The summed E-state index contributed by atoms with van der Waals surface area (Å²) < 4.78 is 0. The van der Waals surface area contributed by atoms with Gasteiger partial charge in [-0.05, 0) is 35.9 Å². The molecule has 0 amide bonds. The van der Waals surface area contributed by atoms with Crippen LogP contribution in [0.1, 0.15) is 13.8 Å². The Morgan fingerprint density at radius 1 is 0.810 bits per heavy atom. The van der Waals surface area contributed by atoms with E-state index in [1.165, 1.54) is 0 Å². The summed E-state index contributed by atoms with van der Waals surface area (Å²) in [6, 6.07) is 17.5. The number of nitrogens with one attached hydrogen (secondary N) is 2. The van der Waals surface area contributed by atoms with Gasteiger partial charge in [0.1, 0.15) is 0 Å². The van der Waals surface area contributed by atoms with Gasteiger partial charge in [-0.15, -0.1) is 0 Å². The van der Waals surface area contributed by atoms with Crippen molar-refractivity contribution < 1.29 is 0 Å². The molecule has 21 heavy (non-hydrogen) atoms. The molecule has 3 rings (SSSR count). The molecular formula is C16H17ClN4. The Hall–Kier alpha value is -2.33. The summed E-state index contributed by atoms with van der Waals surface area (Å²) in [5, 5.41) is 1.13. The van der Waals surface area contributed by atoms with E-state index in [0.717, 1.165) is 16.6 Å². The zero-order valence-corrected chi connectivity index (χ0v) is 12.7. The Kier molecular flexibility index (Phi) is 5.35. The number of benzene rings is 2. The fourth-order valence-electron chi connectivity index (χ4n) is 1.80. The molecule has 3 aromatic rings. The average Bonchev–Trinajstić information content (AvgIpc) is 2.55. The molecule has 5 heteroatoms. The largest absolute Gasteiger partial charge is 0.300 e. The Morgan fingerprint density at radius 3 is 2.24 bits per heavy atom. The van der Waals surface area contributed by atoms with Gasteiger partial charge in [0.2, 0.25) is 5.28 Å². The lowest BCUT2D eigenvalue weighted by molar-refractivity contribution is 1.20. The van der Waals surface area contributed by atoms with Crippen LogP contribution in [0.25, 0.3) is 10.9 Å². The van der Waals surface area contributed by atoms with Gasteiger partial charge in [-0.1, -0.05) is 44.2 Å². The minimum atomic E-state index is 0.219. The fraction of sp³-hybridized carbons (Fsp3) is 0.125. The molecule has 0 saturated heterocycles. The third-order valence-electron chi connectivity index (χ3n) is 2.67. The maximum atomic E-state index is 5.92. The number of rotatable bonds is 3. The molecule has 1 aromatic heterocycles. The van der Waals surface area contributed by atoms with Crippen LogP contribution >= 0.6 is 11.6 Å². The van der Waals surface area contributed by atoms with Crippen molar-refractivity contribution in [1.82, 2.24) is 9.97 Å². The van der Waals surface area contributed by atoms with Crippen molar-refractivity contribution in [2.24, 2.45) is 0 Å². The second kappa shape index (κ2) is 7.45. The van der Waals surface area contributed by atoms with Crippen LogP contribution < -0.4 is 10.9 Å². The normalized spacial score (nSPS) is 9.67. The summed E-state index contributed by atoms with van der Waals surface area (Å²) >= 11 is 5.92. The van der Waals surface area contributed by atoms with E-state index in [2.05, 4.69) is 20.8 Å². The van der Waals surface area contributed by atoms with E-state index in [-0.39, 0.29) is 5.28 Å². The molecular weight excluding hydrogens is 284 g/mol. The van der Waals surface area contributed by atoms with E-state index >= 15 is 0 Å². The van der Waals surface area contributed by atoms with Crippen molar-refractivity contribution >= 4 is 34.0 Å². The van der Waals surface area contributed by atoms with Crippen molar-refractivity contribution in [3.8, 4) is 0 Å². The molecule has 2 N–H and O–H groups in total. The van der Waals surface area contributed by atoms with Crippen LogP contribution in [-0.4, -0.2) is 9.97 Å². The lowest BCUT2D eigenvalue weighted by Crippen LogP contribution is -2.10. The number of fused-ring (bicyclic) bond motifs is 1. The standard InChI is InChI=1S/C14H11ClN4.C2H6/c15-14-16-12-9-5-4-8-11(12)13(17-14)19-18-10-6-2-1-3-7-10;1-2/h1-9,18H,(H,16,17,19);1-2H3. The number of nitrogens with zero attached hydrogens (tertiary/aromatic N) is 2. The molecule has 0 aliphatic rings. The van der Waals surface area contributed by atoms with E-state index in [4.69, 9.17) is 11.6 Å². The Bertz CT molecular complexity index is 701. The molecule has 0 spiro atoms. The molecule has 0 aliphatic heterocycles. The lowest BCUT2D eigenvalue weighted by Gasteiger charge is -2.11. The smallest absolute Gasteiger partial charge is 0.224 e. The van der Waals surface area contributed by atoms with E-state index in [0.29, 0.717) is 5.82 Å². The van der Waals surface area contributed by atoms with Gasteiger partial charge in [0.25, 0.3) is 0 Å². The quantitative estimate of drug-likeness (QED) is 0.541. The Morgan fingerprint density at radius 2 is 1.48 bits per heavy atom. The molecule has 0 fully saturated rings. The maximum absolute atomic E-state index is 5.92. The van der Waals surface area contributed by atoms with Crippen LogP contribution in [0.4, 0.5) is 11.5 Å². The number of hydrogen-bond acceptors (Lipinski definition) is 4. The molecule has 0 bridgehead atoms. The number of para-hydroxylation sites is 2. The molecule has 0 atom stereocenters. The molecule has 2 aromatic carbocycles. The highest BCUT2D eigenvalue weighted by Gasteiger charge is 2.05. The van der Waals surface area contributed by atoms with Gasteiger partial charge < -0.3 is 0 Å². The number of hydrogen-bond donors (Lipinski definition) is 2. The summed E-state index contributed by atoms with van der Waals surface area (Å²) in [6.45, 7) is 4.00. The predicted molar refractivity (Wildman–Crippen MR) is 89.6 cm³/mol. The zero-order valence-electron chi connectivity index (χ0n) is 12.0. The van der Waals surface area contributed by atoms with Crippen molar-refractivity contribution in [2.45, 2.75) is 13.8 Å². The summed E-state index contributed by atoms with van der Waals surface area (Å²) in [5.74, 6) is 0.652. The minimum Gasteiger partial charge on any atom is -0.300 e. The van der Waals surface area contributed by atoms with Crippen LogP contribution in [0, 0.1) is 0 Å². The fourth-order valence-corrected chi connectivity index (χ4v) is 1.97. The lowest BCUT2D eigenvalue weighted by atomic mass is 10.2. The van der Waals surface area contributed by atoms with Crippen molar-refractivity contribution in [1.29, 1.82) is 0 Å². The van der Waals surface area contributed by atoms with E-state index in [9.17, 15) is 0 Å². The molecule has 0 radical (unpaired) electrons. The highest BCUT2D eigenvalue weighted by Crippen LogP contribution is 2.21. The minimum absolute atomic E-state index is 0.219. The summed E-state index contributed by atoms with van der Waals surface area (Å²) in [7, 11) is 0. The van der Waals surface area contributed by atoms with Crippen LogP contribution in [0.2, 0.25) is 5.28 Å². The monoisotopic (exact) mass is 300 g/mol. The topological polar surface area (TPSA) is 49.8 Å². The van der Waals surface area contributed by atoms with Crippen LogP contribution in [-0.2, 0) is 0 Å². The maximum Gasteiger partial charge on any atom is 0.224 e. The van der Waals surface area contributed by atoms with Crippen molar-refractivity contribution in [3.05, 3.63) is 59.9 Å². The second-order valence-corrected chi connectivity index (χ2v) is 4.31. The van der Waals surface area contributed by atoms with Gasteiger partial charge in [0.05, 0.1) is 11.2 Å². The number of halogens is 1. The van der Waals surface area contributed by atoms with Gasteiger partial charge in [-0.25, -0.2) is 4.98 Å². The van der Waals surface area contributed by atoms with Crippen LogP contribution in [0.15, 0.2) is 54.6 Å². The van der Waals surface area contributed by atoms with Gasteiger partial charge in [-0.3, -0.25) is 10.9 Å². The SMILES string of the molecule is CC.Clc1nc(NNc2ccccc2)c2ccccc2n1. The molecule has 0 saturated carbocycles. The number of hydrazine groups is 1. The summed E-state index contributed by atoms with van der Waals surface area (Å²) in [5.41, 5.74) is 7.89. The second-order valence-electron chi connectivity index (χ2n) is 3.97. The van der Waals surface area contributed by atoms with Gasteiger partial charge in [0.15, 0.2) is 5.82 Å². The highest BCUT2D eigenvalue weighted by molar-refractivity contribution is 6.28. The van der Waals surface area contributed by atoms with Crippen LogP contribution in [0.3, 0.4) is 0 Å². The molecule has 1 heterocycles. The Balaban J connectivity index is 0.000000774. The van der Waals surface area contributed by atoms with E-state index < -0.39 is 0 Å². The summed E-state index contributed by atoms with van der Waals surface area (Å²) in [4.78, 5) is 8.37.